The SMILES string of the molecule is Cc1cccc([C@@H](C)NCC(=O)O)c1. The van der Waals surface area contributed by atoms with E-state index in [1.54, 1.807) is 0 Å². The first kappa shape index (κ1) is 10.7. The lowest BCUT2D eigenvalue weighted by molar-refractivity contribution is -0.136. The van der Waals surface area contributed by atoms with Gasteiger partial charge >= 0.3 is 5.97 Å². The van der Waals surface area contributed by atoms with Crippen LogP contribution in [0.5, 0.6) is 0 Å². The van der Waals surface area contributed by atoms with Gasteiger partial charge in [-0.25, -0.2) is 0 Å². The largest absolute Gasteiger partial charge is 0.480 e. The van der Waals surface area contributed by atoms with E-state index in [0.717, 1.165) is 5.56 Å². The molecule has 3 nitrogen and oxygen atoms in total. The van der Waals surface area contributed by atoms with Crippen molar-refractivity contribution in [2.75, 3.05) is 6.54 Å². The first-order chi connectivity index (χ1) is 6.59. The maximum atomic E-state index is 10.3. The third kappa shape index (κ3) is 3.18. The summed E-state index contributed by atoms with van der Waals surface area (Å²) in [5, 5.41) is 11.4. The van der Waals surface area contributed by atoms with Crippen LogP contribution in [0.15, 0.2) is 24.3 Å². The van der Waals surface area contributed by atoms with Crippen LogP contribution >= 0.6 is 0 Å². The van der Waals surface area contributed by atoms with Crippen molar-refractivity contribution in [3.63, 3.8) is 0 Å². The van der Waals surface area contributed by atoms with Crippen molar-refractivity contribution in [1.82, 2.24) is 5.32 Å². The van der Waals surface area contributed by atoms with E-state index in [1.807, 2.05) is 32.0 Å². The molecule has 1 aromatic carbocycles. The van der Waals surface area contributed by atoms with E-state index in [-0.39, 0.29) is 12.6 Å². The lowest BCUT2D eigenvalue weighted by Crippen LogP contribution is -2.25. The second kappa shape index (κ2) is 4.77. The van der Waals surface area contributed by atoms with Gasteiger partial charge in [-0.2, -0.15) is 0 Å². The minimum atomic E-state index is -0.829. The highest BCUT2D eigenvalue weighted by molar-refractivity contribution is 5.69. The van der Waals surface area contributed by atoms with Crippen molar-refractivity contribution >= 4 is 5.97 Å². The van der Waals surface area contributed by atoms with Crippen molar-refractivity contribution in [2.24, 2.45) is 0 Å². The number of rotatable bonds is 4. The molecule has 0 aliphatic rings. The van der Waals surface area contributed by atoms with Crippen molar-refractivity contribution in [1.29, 1.82) is 0 Å². The summed E-state index contributed by atoms with van der Waals surface area (Å²) in [7, 11) is 0. The zero-order valence-corrected chi connectivity index (χ0v) is 8.45. The van der Waals surface area contributed by atoms with E-state index in [0.29, 0.717) is 0 Å². The molecule has 76 valence electrons. The normalized spacial score (nSPS) is 12.4. The van der Waals surface area contributed by atoms with Crippen molar-refractivity contribution in [3.05, 3.63) is 35.4 Å². The average molecular weight is 193 g/mol. The fraction of sp³-hybridized carbons (Fsp3) is 0.364. The highest BCUT2D eigenvalue weighted by atomic mass is 16.4. The van der Waals surface area contributed by atoms with E-state index in [2.05, 4.69) is 11.4 Å². The Morgan fingerprint density at radius 1 is 1.57 bits per heavy atom. The molecule has 0 fully saturated rings. The van der Waals surface area contributed by atoms with Gasteiger partial charge in [0.05, 0.1) is 6.54 Å². The first-order valence-corrected chi connectivity index (χ1v) is 4.61. The molecule has 0 radical (unpaired) electrons. The van der Waals surface area contributed by atoms with Gasteiger partial charge in [0.1, 0.15) is 0 Å². The number of carboxylic acid groups (broad SMARTS) is 1. The summed E-state index contributed by atoms with van der Waals surface area (Å²) in [6, 6.07) is 8.12. The van der Waals surface area contributed by atoms with Crippen molar-refractivity contribution in [3.8, 4) is 0 Å². The molecule has 0 saturated carbocycles. The highest BCUT2D eigenvalue weighted by Crippen LogP contribution is 2.12. The molecule has 0 aliphatic heterocycles. The Labute approximate surface area is 83.8 Å². The van der Waals surface area contributed by atoms with Gasteiger partial charge in [0, 0.05) is 6.04 Å². The molecule has 2 N–H and O–H groups in total. The van der Waals surface area contributed by atoms with Crippen LogP contribution in [0.2, 0.25) is 0 Å². The molecule has 1 atom stereocenters. The van der Waals surface area contributed by atoms with Crippen LogP contribution in [0, 0.1) is 6.92 Å². The molecule has 0 unspecified atom stereocenters. The summed E-state index contributed by atoms with van der Waals surface area (Å²) in [6.07, 6.45) is 0. The van der Waals surface area contributed by atoms with Crippen molar-refractivity contribution in [2.45, 2.75) is 19.9 Å². The number of nitrogens with one attached hydrogen (secondary N) is 1. The fourth-order valence-corrected chi connectivity index (χ4v) is 1.30. The Morgan fingerprint density at radius 3 is 2.86 bits per heavy atom. The Kier molecular flexibility index (Phi) is 3.65. The van der Waals surface area contributed by atoms with Crippen LogP contribution in [-0.4, -0.2) is 17.6 Å². The van der Waals surface area contributed by atoms with E-state index in [1.165, 1.54) is 5.56 Å². The first-order valence-electron chi connectivity index (χ1n) is 4.61. The predicted molar refractivity (Wildman–Crippen MR) is 55.2 cm³/mol. The summed E-state index contributed by atoms with van der Waals surface area (Å²) < 4.78 is 0. The number of carbonyl (C=O) groups is 1. The van der Waals surface area contributed by atoms with Gasteiger partial charge in [-0.05, 0) is 19.4 Å². The van der Waals surface area contributed by atoms with E-state index in [9.17, 15) is 4.79 Å². The Hall–Kier alpha value is -1.35. The van der Waals surface area contributed by atoms with Crippen LogP contribution in [0.4, 0.5) is 0 Å². The Bertz CT molecular complexity index is 323. The number of aryl methyl sites for hydroxylation is 1. The fourth-order valence-electron chi connectivity index (χ4n) is 1.30. The van der Waals surface area contributed by atoms with Crippen LogP contribution < -0.4 is 5.32 Å². The molecule has 0 spiro atoms. The third-order valence-electron chi connectivity index (χ3n) is 2.10. The van der Waals surface area contributed by atoms with E-state index >= 15 is 0 Å². The molecule has 0 heterocycles. The van der Waals surface area contributed by atoms with Gasteiger partial charge in [-0.3, -0.25) is 4.79 Å². The summed E-state index contributed by atoms with van der Waals surface area (Å²) in [5.41, 5.74) is 2.30. The molecule has 0 bridgehead atoms. The van der Waals surface area contributed by atoms with Crippen LogP contribution in [-0.2, 0) is 4.79 Å². The quantitative estimate of drug-likeness (QED) is 0.765. The van der Waals surface area contributed by atoms with Crippen LogP contribution in [0.3, 0.4) is 0 Å². The smallest absolute Gasteiger partial charge is 0.317 e. The second-order valence-electron chi connectivity index (χ2n) is 3.41. The number of aliphatic carboxylic acids is 1. The molecular weight excluding hydrogens is 178 g/mol. The van der Waals surface area contributed by atoms with Crippen LogP contribution in [0.25, 0.3) is 0 Å². The van der Waals surface area contributed by atoms with Gasteiger partial charge in [0.15, 0.2) is 0 Å². The predicted octanol–water partition coefficient (Wildman–Crippen LogP) is 1.73. The van der Waals surface area contributed by atoms with Crippen LogP contribution in [0.1, 0.15) is 24.1 Å². The summed E-state index contributed by atoms with van der Waals surface area (Å²) in [5.74, 6) is -0.829. The number of hydrogen-bond acceptors (Lipinski definition) is 2. The lowest BCUT2D eigenvalue weighted by Gasteiger charge is -2.12. The van der Waals surface area contributed by atoms with Crippen molar-refractivity contribution < 1.29 is 9.90 Å². The summed E-state index contributed by atoms with van der Waals surface area (Å²) in [4.78, 5) is 10.3. The molecule has 1 rings (SSSR count). The molecule has 0 amide bonds. The molecule has 0 aromatic heterocycles. The molecule has 0 aliphatic carbocycles. The standard InChI is InChI=1S/C11H15NO2/c1-8-4-3-5-10(6-8)9(2)12-7-11(13)14/h3-6,9,12H,7H2,1-2H3,(H,13,14)/t9-/m1/s1. The maximum Gasteiger partial charge on any atom is 0.317 e. The second-order valence-corrected chi connectivity index (χ2v) is 3.41. The Balaban J connectivity index is 2.60. The van der Waals surface area contributed by atoms with Gasteiger partial charge in [0.25, 0.3) is 0 Å². The molecule has 1 aromatic rings. The average Bonchev–Trinajstić information content (AvgIpc) is 2.14. The minimum absolute atomic E-state index is 0.00485. The topological polar surface area (TPSA) is 49.3 Å². The molecule has 14 heavy (non-hydrogen) atoms. The Morgan fingerprint density at radius 2 is 2.29 bits per heavy atom. The number of carboxylic acids is 1. The number of hydrogen-bond donors (Lipinski definition) is 2. The lowest BCUT2D eigenvalue weighted by atomic mass is 10.1. The molecule has 0 saturated heterocycles. The van der Waals surface area contributed by atoms with E-state index in [4.69, 9.17) is 5.11 Å². The maximum absolute atomic E-state index is 10.3. The van der Waals surface area contributed by atoms with Gasteiger partial charge in [-0.15, -0.1) is 0 Å². The van der Waals surface area contributed by atoms with Gasteiger partial charge < -0.3 is 10.4 Å². The van der Waals surface area contributed by atoms with E-state index < -0.39 is 5.97 Å². The monoisotopic (exact) mass is 193 g/mol. The number of benzene rings is 1. The summed E-state index contributed by atoms with van der Waals surface area (Å²) >= 11 is 0. The van der Waals surface area contributed by atoms with Gasteiger partial charge in [-0.1, -0.05) is 29.8 Å². The minimum Gasteiger partial charge on any atom is -0.480 e. The summed E-state index contributed by atoms with van der Waals surface area (Å²) in [6.45, 7) is 3.97. The molecule has 3 heteroatoms. The third-order valence-corrected chi connectivity index (χ3v) is 2.10. The highest BCUT2D eigenvalue weighted by Gasteiger charge is 2.05. The molecular formula is C11H15NO2. The zero-order valence-electron chi connectivity index (χ0n) is 8.45. The van der Waals surface area contributed by atoms with Gasteiger partial charge in [0.2, 0.25) is 0 Å². The zero-order chi connectivity index (χ0) is 10.6.